The Morgan fingerprint density at radius 3 is 2.43 bits per heavy atom. The molecular weight excluding hydrogens is 520 g/mol. The Balaban J connectivity index is 1.46. The number of nitrogens with zero attached hydrogens (tertiary/aromatic N) is 3. The molecule has 0 saturated carbocycles. The zero-order chi connectivity index (χ0) is 26.2. The summed E-state index contributed by atoms with van der Waals surface area (Å²) in [6.45, 7) is 1.54. The van der Waals surface area contributed by atoms with Gasteiger partial charge in [0.15, 0.2) is 0 Å². The van der Waals surface area contributed by atoms with Crippen LogP contribution in [0.25, 0.3) is 0 Å². The summed E-state index contributed by atoms with van der Waals surface area (Å²) in [4.78, 5) is 16.8. The van der Waals surface area contributed by atoms with E-state index in [1.807, 2.05) is 18.2 Å². The molecule has 3 aromatic carbocycles. The van der Waals surface area contributed by atoms with E-state index in [2.05, 4.69) is 6.07 Å². The molecule has 0 aromatic heterocycles. The molecule has 0 radical (unpaired) electrons. The van der Waals surface area contributed by atoms with Crippen molar-refractivity contribution >= 4 is 33.3 Å². The van der Waals surface area contributed by atoms with Crippen molar-refractivity contribution in [2.45, 2.75) is 36.7 Å². The highest BCUT2D eigenvalue weighted by atomic mass is 35.5. The smallest absolute Gasteiger partial charge is 0.320 e. The van der Waals surface area contributed by atoms with Crippen LogP contribution in [0, 0.1) is 11.6 Å². The van der Waals surface area contributed by atoms with Crippen LogP contribution < -0.4 is 4.31 Å². The molecular formula is C27H26ClF2N3O3S. The maximum Gasteiger partial charge on any atom is 0.320 e. The molecule has 1 atom stereocenters. The zero-order valence-electron chi connectivity index (χ0n) is 20.0. The zero-order valence-corrected chi connectivity index (χ0v) is 21.6. The van der Waals surface area contributed by atoms with Crippen molar-refractivity contribution in [3.05, 3.63) is 94.5 Å². The third kappa shape index (κ3) is 5.15. The monoisotopic (exact) mass is 545 g/mol. The third-order valence-electron chi connectivity index (χ3n) is 6.92. The van der Waals surface area contributed by atoms with Gasteiger partial charge < -0.3 is 9.80 Å². The summed E-state index contributed by atoms with van der Waals surface area (Å²) in [5.74, 6) is -1.63. The second-order valence-electron chi connectivity index (χ2n) is 9.32. The summed E-state index contributed by atoms with van der Waals surface area (Å²) in [7, 11) is -4.31. The number of amides is 2. The van der Waals surface area contributed by atoms with E-state index in [0.717, 1.165) is 34.5 Å². The lowest BCUT2D eigenvalue weighted by Gasteiger charge is -2.42. The number of carbonyl (C=O) groups excluding carboxylic acids is 1. The van der Waals surface area contributed by atoms with E-state index in [1.165, 1.54) is 29.8 Å². The molecule has 2 amide bonds. The topological polar surface area (TPSA) is 60.9 Å². The van der Waals surface area contributed by atoms with Gasteiger partial charge in [0.1, 0.15) is 11.6 Å². The average molecular weight is 546 g/mol. The largest absolute Gasteiger partial charge is 0.323 e. The number of halogens is 3. The molecule has 3 aromatic rings. The highest BCUT2D eigenvalue weighted by Crippen LogP contribution is 2.33. The Bertz CT molecular complexity index is 1420. The van der Waals surface area contributed by atoms with Gasteiger partial charge >= 0.3 is 6.03 Å². The fraction of sp³-hybridized carbons (Fsp3) is 0.296. The Morgan fingerprint density at radius 2 is 1.68 bits per heavy atom. The summed E-state index contributed by atoms with van der Waals surface area (Å²) in [6.07, 6.45) is 1.64. The number of anilines is 1. The van der Waals surface area contributed by atoms with E-state index in [4.69, 9.17) is 11.6 Å². The van der Waals surface area contributed by atoms with E-state index in [9.17, 15) is 22.0 Å². The standard InChI is InChI=1S/C27H26ClF2N3O3S/c28-21-7-10-24(11-8-21)37(35,36)33(26-16-22(29)9-12-25(26)30)23-6-3-14-31(18-23)27(34)32-15-13-19-4-1-2-5-20(19)17-32/h1-2,4-5,7-12,16,23H,3,6,13-15,17-18H2. The lowest BCUT2D eigenvalue weighted by Crippen LogP contribution is -2.55. The summed E-state index contributed by atoms with van der Waals surface area (Å²) in [5, 5.41) is 0.347. The minimum Gasteiger partial charge on any atom is -0.323 e. The lowest BCUT2D eigenvalue weighted by atomic mass is 10.00. The maximum absolute atomic E-state index is 15.0. The molecule has 1 unspecified atom stereocenters. The SMILES string of the molecule is O=C(N1CCc2ccccc2C1)N1CCCC(N(c2cc(F)ccc2F)S(=O)(=O)c2ccc(Cl)cc2)C1. The fourth-order valence-corrected chi connectivity index (χ4v) is 6.87. The Hall–Kier alpha value is -3.17. The minimum atomic E-state index is -4.31. The van der Waals surface area contributed by atoms with Gasteiger partial charge in [-0.15, -0.1) is 0 Å². The number of piperidine rings is 1. The van der Waals surface area contributed by atoms with Gasteiger partial charge in [-0.1, -0.05) is 35.9 Å². The first-order valence-electron chi connectivity index (χ1n) is 12.1. The van der Waals surface area contributed by atoms with Gasteiger partial charge in [-0.05, 0) is 66.8 Å². The molecule has 2 aliphatic heterocycles. The van der Waals surface area contributed by atoms with Gasteiger partial charge in [0, 0.05) is 37.3 Å². The van der Waals surface area contributed by atoms with E-state index >= 15 is 0 Å². The average Bonchev–Trinajstić information content (AvgIpc) is 2.90. The normalized spacial score (nSPS) is 17.9. The van der Waals surface area contributed by atoms with Gasteiger partial charge in [0.05, 0.1) is 16.6 Å². The number of hydrogen-bond donors (Lipinski definition) is 0. The second-order valence-corrected chi connectivity index (χ2v) is 11.6. The third-order valence-corrected chi connectivity index (χ3v) is 9.05. The van der Waals surface area contributed by atoms with Crippen LogP contribution in [0.5, 0.6) is 0 Å². The summed E-state index contributed by atoms with van der Waals surface area (Å²) < 4.78 is 57.7. The highest BCUT2D eigenvalue weighted by Gasteiger charge is 2.38. The molecule has 0 aliphatic carbocycles. The summed E-state index contributed by atoms with van der Waals surface area (Å²) >= 11 is 5.95. The molecule has 0 spiro atoms. The van der Waals surface area contributed by atoms with E-state index < -0.39 is 27.7 Å². The van der Waals surface area contributed by atoms with Gasteiger partial charge in [0.2, 0.25) is 0 Å². The quantitative estimate of drug-likeness (QED) is 0.437. The van der Waals surface area contributed by atoms with Crippen LogP contribution in [0.3, 0.4) is 0 Å². The number of rotatable bonds is 4. The van der Waals surface area contributed by atoms with Crippen LogP contribution in [-0.4, -0.2) is 49.9 Å². The summed E-state index contributed by atoms with van der Waals surface area (Å²) in [5.41, 5.74) is 1.91. The minimum absolute atomic E-state index is 0.0553. The molecule has 37 heavy (non-hydrogen) atoms. The molecule has 194 valence electrons. The van der Waals surface area contributed by atoms with Gasteiger partial charge in [-0.25, -0.2) is 22.0 Å². The van der Waals surface area contributed by atoms with Crippen molar-refractivity contribution in [1.29, 1.82) is 0 Å². The van der Waals surface area contributed by atoms with Crippen molar-refractivity contribution in [3.8, 4) is 0 Å². The number of hydrogen-bond acceptors (Lipinski definition) is 3. The first-order chi connectivity index (χ1) is 17.7. The highest BCUT2D eigenvalue weighted by molar-refractivity contribution is 7.92. The van der Waals surface area contributed by atoms with Crippen molar-refractivity contribution in [3.63, 3.8) is 0 Å². The van der Waals surface area contributed by atoms with Crippen LogP contribution in [0.15, 0.2) is 71.6 Å². The van der Waals surface area contributed by atoms with Gasteiger partial charge in [-0.3, -0.25) is 4.31 Å². The molecule has 6 nitrogen and oxygen atoms in total. The van der Waals surface area contributed by atoms with Crippen LogP contribution in [0.1, 0.15) is 24.0 Å². The Morgan fingerprint density at radius 1 is 0.946 bits per heavy atom. The predicted molar refractivity (Wildman–Crippen MR) is 138 cm³/mol. The van der Waals surface area contributed by atoms with E-state index in [-0.39, 0.29) is 23.2 Å². The van der Waals surface area contributed by atoms with Gasteiger partial charge in [0.25, 0.3) is 10.0 Å². The van der Waals surface area contributed by atoms with Crippen LogP contribution in [0.2, 0.25) is 5.02 Å². The summed E-state index contributed by atoms with van der Waals surface area (Å²) in [6, 6.07) is 15.3. The number of sulfonamides is 1. The van der Waals surface area contributed by atoms with E-state index in [0.29, 0.717) is 37.5 Å². The second kappa shape index (κ2) is 10.3. The predicted octanol–water partition coefficient (Wildman–Crippen LogP) is 5.46. The number of fused-ring (bicyclic) bond motifs is 1. The molecule has 0 bridgehead atoms. The van der Waals surface area contributed by atoms with Crippen molar-refractivity contribution < 1.29 is 22.0 Å². The molecule has 1 fully saturated rings. The Kier molecular flexibility index (Phi) is 7.09. The molecule has 10 heteroatoms. The van der Waals surface area contributed by atoms with Crippen LogP contribution >= 0.6 is 11.6 Å². The first kappa shape index (κ1) is 25.5. The molecule has 2 aliphatic rings. The van der Waals surface area contributed by atoms with Crippen molar-refractivity contribution in [2.75, 3.05) is 23.9 Å². The van der Waals surface area contributed by atoms with Crippen molar-refractivity contribution in [2.24, 2.45) is 0 Å². The van der Waals surface area contributed by atoms with Gasteiger partial charge in [-0.2, -0.15) is 0 Å². The van der Waals surface area contributed by atoms with Crippen LogP contribution in [-0.2, 0) is 23.0 Å². The molecule has 2 heterocycles. The van der Waals surface area contributed by atoms with Crippen LogP contribution in [0.4, 0.5) is 19.3 Å². The Labute approximate surface area is 220 Å². The molecule has 1 saturated heterocycles. The number of likely N-dealkylation sites (tertiary alicyclic amines) is 1. The first-order valence-corrected chi connectivity index (χ1v) is 13.9. The molecule has 5 rings (SSSR count). The fourth-order valence-electron chi connectivity index (χ4n) is 5.08. The van der Waals surface area contributed by atoms with E-state index in [1.54, 1.807) is 9.80 Å². The number of carbonyl (C=O) groups is 1. The molecule has 0 N–H and O–H groups in total. The lowest BCUT2D eigenvalue weighted by molar-refractivity contribution is 0.134. The number of urea groups is 1. The van der Waals surface area contributed by atoms with Crippen molar-refractivity contribution in [1.82, 2.24) is 9.80 Å². The maximum atomic E-state index is 15.0. The number of benzene rings is 3.